The second kappa shape index (κ2) is 7.04. The average molecular weight is 276 g/mol. The zero-order valence-electron chi connectivity index (χ0n) is 11.1. The molecule has 1 saturated heterocycles. The molecule has 0 aromatic heterocycles. The van der Waals surface area contributed by atoms with E-state index >= 15 is 0 Å². The lowest BCUT2D eigenvalue weighted by molar-refractivity contribution is 0.0696. The van der Waals surface area contributed by atoms with E-state index < -0.39 is 5.82 Å². The minimum Gasteiger partial charge on any atom is -0.381 e. The number of hydrogen-bond donors (Lipinski definition) is 2. The van der Waals surface area contributed by atoms with Crippen LogP contribution in [0.3, 0.4) is 0 Å². The van der Waals surface area contributed by atoms with E-state index in [1.165, 1.54) is 18.2 Å². The van der Waals surface area contributed by atoms with Gasteiger partial charge in [0, 0.05) is 24.8 Å². The summed E-state index contributed by atoms with van der Waals surface area (Å²) in [5.74, 6) is 4.71. The molecule has 0 bridgehead atoms. The highest BCUT2D eigenvalue weighted by atomic mass is 19.1. The van der Waals surface area contributed by atoms with Gasteiger partial charge in [0.15, 0.2) is 0 Å². The molecule has 1 fully saturated rings. The Hall–Kier alpha value is -1.90. The molecule has 3 N–H and O–H groups in total. The summed E-state index contributed by atoms with van der Waals surface area (Å²) >= 11 is 0. The molecule has 0 atom stereocenters. The van der Waals surface area contributed by atoms with Gasteiger partial charge in [0.1, 0.15) is 5.82 Å². The van der Waals surface area contributed by atoms with E-state index in [0.717, 1.165) is 12.8 Å². The third-order valence-electron chi connectivity index (χ3n) is 3.11. The van der Waals surface area contributed by atoms with E-state index in [1.807, 2.05) is 0 Å². The zero-order valence-corrected chi connectivity index (χ0v) is 11.1. The lowest BCUT2D eigenvalue weighted by Crippen LogP contribution is -2.39. The lowest BCUT2D eigenvalue weighted by Gasteiger charge is -2.23. The van der Waals surface area contributed by atoms with Gasteiger partial charge in [-0.3, -0.25) is 4.79 Å². The molecule has 1 amide bonds. The molecule has 0 saturated carbocycles. The van der Waals surface area contributed by atoms with Crippen molar-refractivity contribution in [2.45, 2.75) is 18.9 Å². The summed E-state index contributed by atoms with van der Waals surface area (Å²) in [5.41, 5.74) is 6.04. The SMILES string of the molecule is NCC#Cc1cc(F)ccc1C(=O)NC1CCOCC1. The molecule has 0 spiro atoms. The monoisotopic (exact) mass is 276 g/mol. The number of carbonyl (C=O) groups excluding carboxylic acids is 1. The predicted octanol–water partition coefficient (Wildman–Crippen LogP) is 1.04. The maximum atomic E-state index is 13.2. The highest BCUT2D eigenvalue weighted by Crippen LogP contribution is 2.13. The minimum atomic E-state index is -0.422. The zero-order chi connectivity index (χ0) is 14.4. The molecule has 1 aliphatic heterocycles. The van der Waals surface area contributed by atoms with Crippen LogP contribution in [0.2, 0.25) is 0 Å². The molecule has 20 heavy (non-hydrogen) atoms. The van der Waals surface area contributed by atoms with Gasteiger partial charge in [0.05, 0.1) is 12.1 Å². The molecule has 2 rings (SSSR count). The van der Waals surface area contributed by atoms with Crippen LogP contribution in [0.5, 0.6) is 0 Å². The summed E-state index contributed by atoms with van der Waals surface area (Å²) in [6.07, 6.45) is 1.58. The second-order valence-corrected chi connectivity index (χ2v) is 4.56. The molecule has 5 heteroatoms. The number of ether oxygens (including phenoxy) is 1. The summed E-state index contributed by atoms with van der Waals surface area (Å²) in [7, 11) is 0. The fourth-order valence-corrected chi connectivity index (χ4v) is 2.07. The first-order valence-electron chi connectivity index (χ1n) is 6.58. The summed E-state index contributed by atoms with van der Waals surface area (Å²) in [6, 6.07) is 4.05. The molecule has 0 radical (unpaired) electrons. The van der Waals surface area contributed by atoms with E-state index in [0.29, 0.717) is 24.3 Å². The van der Waals surface area contributed by atoms with Crippen LogP contribution < -0.4 is 11.1 Å². The number of amides is 1. The third kappa shape index (κ3) is 3.80. The first-order chi connectivity index (χ1) is 9.70. The van der Waals surface area contributed by atoms with E-state index in [-0.39, 0.29) is 18.5 Å². The van der Waals surface area contributed by atoms with Crippen molar-refractivity contribution < 1.29 is 13.9 Å². The van der Waals surface area contributed by atoms with Gasteiger partial charge < -0.3 is 15.8 Å². The van der Waals surface area contributed by atoms with Crippen LogP contribution in [0, 0.1) is 17.7 Å². The van der Waals surface area contributed by atoms with Crippen molar-refractivity contribution in [1.82, 2.24) is 5.32 Å². The normalized spacial score (nSPS) is 15.3. The van der Waals surface area contributed by atoms with Crippen LogP contribution in [0.4, 0.5) is 4.39 Å². The summed E-state index contributed by atoms with van der Waals surface area (Å²) < 4.78 is 18.5. The molecule has 0 aliphatic carbocycles. The van der Waals surface area contributed by atoms with Gasteiger partial charge in [0.25, 0.3) is 5.91 Å². The summed E-state index contributed by atoms with van der Waals surface area (Å²) in [6.45, 7) is 1.46. The number of benzene rings is 1. The Kier molecular flexibility index (Phi) is 5.10. The number of halogens is 1. The minimum absolute atomic E-state index is 0.0941. The highest BCUT2D eigenvalue weighted by molar-refractivity contribution is 5.96. The first kappa shape index (κ1) is 14.5. The van der Waals surface area contributed by atoms with E-state index in [2.05, 4.69) is 17.2 Å². The smallest absolute Gasteiger partial charge is 0.252 e. The summed E-state index contributed by atoms with van der Waals surface area (Å²) in [5, 5.41) is 2.93. The predicted molar refractivity (Wildman–Crippen MR) is 73.6 cm³/mol. The van der Waals surface area contributed by atoms with Crippen molar-refractivity contribution in [2.24, 2.45) is 5.73 Å². The van der Waals surface area contributed by atoms with Crippen molar-refractivity contribution in [3.63, 3.8) is 0 Å². The van der Waals surface area contributed by atoms with Crippen molar-refractivity contribution in [3.8, 4) is 11.8 Å². The van der Waals surface area contributed by atoms with Gasteiger partial charge in [-0.05, 0) is 31.0 Å². The summed E-state index contributed by atoms with van der Waals surface area (Å²) in [4.78, 5) is 12.2. The lowest BCUT2D eigenvalue weighted by atomic mass is 10.0. The molecule has 1 aromatic carbocycles. The van der Waals surface area contributed by atoms with Gasteiger partial charge in [-0.15, -0.1) is 0 Å². The fraction of sp³-hybridized carbons (Fsp3) is 0.400. The average Bonchev–Trinajstić information content (AvgIpc) is 2.46. The molecular formula is C15H17FN2O2. The van der Waals surface area contributed by atoms with Crippen LogP contribution >= 0.6 is 0 Å². The van der Waals surface area contributed by atoms with Gasteiger partial charge >= 0.3 is 0 Å². The Morgan fingerprint density at radius 1 is 1.45 bits per heavy atom. The van der Waals surface area contributed by atoms with Gasteiger partial charge in [0.2, 0.25) is 0 Å². The standard InChI is InChI=1S/C15H17FN2O2/c16-12-3-4-14(11(10-12)2-1-7-17)15(19)18-13-5-8-20-9-6-13/h3-4,10,13H,5-9,17H2,(H,18,19). The molecule has 0 unspecified atom stereocenters. The fourth-order valence-electron chi connectivity index (χ4n) is 2.07. The number of nitrogens with one attached hydrogen (secondary N) is 1. The quantitative estimate of drug-likeness (QED) is 0.793. The van der Waals surface area contributed by atoms with Crippen molar-refractivity contribution in [3.05, 3.63) is 35.1 Å². The maximum absolute atomic E-state index is 13.2. The molecule has 1 aromatic rings. The maximum Gasteiger partial charge on any atom is 0.252 e. The highest BCUT2D eigenvalue weighted by Gasteiger charge is 2.18. The first-order valence-corrected chi connectivity index (χ1v) is 6.58. The van der Waals surface area contributed by atoms with Crippen LogP contribution in [-0.2, 0) is 4.74 Å². The van der Waals surface area contributed by atoms with E-state index in [4.69, 9.17) is 10.5 Å². The molecule has 106 valence electrons. The Bertz CT molecular complexity index is 543. The third-order valence-corrected chi connectivity index (χ3v) is 3.11. The second-order valence-electron chi connectivity index (χ2n) is 4.56. The number of hydrogen-bond acceptors (Lipinski definition) is 3. The van der Waals surface area contributed by atoms with Crippen LogP contribution in [-0.4, -0.2) is 31.7 Å². The van der Waals surface area contributed by atoms with Crippen molar-refractivity contribution >= 4 is 5.91 Å². The Balaban J connectivity index is 2.15. The van der Waals surface area contributed by atoms with Gasteiger partial charge in [-0.2, -0.15) is 0 Å². The molecule has 4 nitrogen and oxygen atoms in total. The topological polar surface area (TPSA) is 64.4 Å². The Labute approximate surface area is 117 Å². The number of rotatable bonds is 2. The van der Waals surface area contributed by atoms with Gasteiger partial charge in [-0.1, -0.05) is 11.8 Å². The van der Waals surface area contributed by atoms with Crippen LogP contribution in [0.1, 0.15) is 28.8 Å². The molecular weight excluding hydrogens is 259 g/mol. The van der Waals surface area contributed by atoms with Crippen molar-refractivity contribution in [1.29, 1.82) is 0 Å². The van der Waals surface area contributed by atoms with E-state index in [1.54, 1.807) is 0 Å². The molecule has 1 aliphatic rings. The Morgan fingerprint density at radius 3 is 2.90 bits per heavy atom. The molecule has 1 heterocycles. The number of carbonyl (C=O) groups is 1. The van der Waals surface area contributed by atoms with E-state index in [9.17, 15) is 9.18 Å². The van der Waals surface area contributed by atoms with Gasteiger partial charge in [-0.25, -0.2) is 4.39 Å². The Morgan fingerprint density at radius 2 is 2.20 bits per heavy atom. The van der Waals surface area contributed by atoms with Crippen LogP contribution in [0.15, 0.2) is 18.2 Å². The van der Waals surface area contributed by atoms with Crippen molar-refractivity contribution in [2.75, 3.05) is 19.8 Å². The number of nitrogens with two attached hydrogens (primary N) is 1. The van der Waals surface area contributed by atoms with Crippen LogP contribution in [0.25, 0.3) is 0 Å². The largest absolute Gasteiger partial charge is 0.381 e.